The van der Waals surface area contributed by atoms with E-state index in [9.17, 15) is 0 Å². The lowest BCUT2D eigenvalue weighted by Crippen LogP contribution is -2.61. The van der Waals surface area contributed by atoms with E-state index in [1.54, 1.807) is 11.3 Å². The molecule has 1 spiro atoms. The van der Waals surface area contributed by atoms with Crippen LogP contribution < -0.4 is 5.32 Å². The third-order valence-corrected chi connectivity index (χ3v) is 4.50. The number of ether oxygens (including phenoxy) is 1. The Morgan fingerprint density at radius 2 is 2.25 bits per heavy atom. The Morgan fingerprint density at radius 3 is 2.88 bits per heavy atom. The van der Waals surface area contributed by atoms with E-state index < -0.39 is 0 Å². The van der Waals surface area contributed by atoms with Crippen LogP contribution in [0.2, 0.25) is 0 Å². The monoisotopic (exact) mass is 237 g/mol. The van der Waals surface area contributed by atoms with Crippen molar-refractivity contribution in [2.75, 3.05) is 13.2 Å². The van der Waals surface area contributed by atoms with E-state index in [1.165, 1.54) is 18.4 Å². The molecule has 0 aromatic carbocycles. The van der Waals surface area contributed by atoms with Gasteiger partial charge in [-0.1, -0.05) is 13.8 Å². The van der Waals surface area contributed by atoms with E-state index in [0.29, 0.717) is 11.5 Å². The standard InChI is InChI=1S/C13H19NOS/c1-12(2)8-13(9-12)11(14-4-5-15-13)10-3-6-16-7-10/h3,6-7,11,14H,4-5,8-9H2,1-2H3. The second-order valence-corrected chi connectivity index (χ2v) is 6.65. The van der Waals surface area contributed by atoms with Gasteiger partial charge in [-0.25, -0.2) is 0 Å². The summed E-state index contributed by atoms with van der Waals surface area (Å²) in [5, 5.41) is 8.04. The maximum Gasteiger partial charge on any atom is 0.0887 e. The van der Waals surface area contributed by atoms with Gasteiger partial charge in [0.25, 0.3) is 0 Å². The van der Waals surface area contributed by atoms with E-state index in [2.05, 4.69) is 36.0 Å². The first-order valence-corrected chi connectivity index (χ1v) is 6.95. The smallest absolute Gasteiger partial charge is 0.0887 e. The third kappa shape index (κ3) is 1.62. The minimum absolute atomic E-state index is 0.0722. The van der Waals surface area contributed by atoms with Crippen LogP contribution in [0.4, 0.5) is 0 Å². The normalized spacial score (nSPS) is 31.2. The summed E-state index contributed by atoms with van der Waals surface area (Å²) in [6, 6.07) is 2.63. The highest BCUT2D eigenvalue weighted by Gasteiger charge is 2.56. The average Bonchev–Trinajstić information content (AvgIpc) is 2.68. The zero-order chi connectivity index (χ0) is 11.2. The van der Waals surface area contributed by atoms with Crippen LogP contribution in [0.25, 0.3) is 0 Å². The van der Waals surface area contributed by atoms with Crippen LogP contribution in [0.15, 0.2) is 16.8 Å². The SMILES string of the molecule is CC1(C)CC2(C1)OCCNC2c1ccsc1. The number of rotatable bonds is 1. The van der Waals surface area contributed by atoms with Crippen LogP contribution in [0.3, 0.4) is 0 Å². The largest absolute Gasteiger partial charge is 0.372 e. The first-order valence-electron chi connectivity index (χ1n) is 6.01. The molecule has 1 aliphatic heterocycles. The van der Waals surface area contributed by atoms with E-state index >= 15 is 0 Å². The van der Waals surface area contributed by atoms with Crippen LogP contribution in [0, 0.1) is 5.41 Å². The Balaban J connectivity index is 1.86. The quantitative estimate of drug-likeness (QED) is 0.811. The van der Waals surface area contributed by atoms with Gasteiger partial charge < -0.3 is 10.1 Å². The molecule has 2 nitrogen and oxygen atoms in total. The summed E-state index contributed by atoms with van der Waals surface area (Å²) in [5.41, 5.74) is 1.93. The molecule has 2 aliphatic rings. The number of nitrogens with one attached hydrogen (secondary N) is 1. The highest BCUT2D eigenvalue weighted by Crippen LogP contribution is 2.56. The van der Waals surface area contributed by atoms with Gasteiger partial charge in [-0.15, -0.1) is 0 Å². The van der Waals surface area contributed by atoms with E-state index in [1.807, 2.05) is 0 Å². The van der Waals surface area contributed by atoms with E-state index in [0.717, 1.165) is 13.2 Å². The molecule has 0 amide bonds. The Bertz CT molecular complexity index is 363. The van der Waals surface area contributed by atoms with Crippen LogP contribution in [-0.4, -0.2) is 18.8 Å². The fraction of sp³-hybridized carbons (Fsp3) is 0.692. The number of morpholine rings is 1. The molecular formula is C13H19NOS. The molecule has 1 atom stereocenters. The zero-order valence-corrected chi connectivity index (χ0v) is 10.8. The Morgan fingerprint density at radius 1 is 1.44 bits per heavy atom. The van der Waals surface area contributed by atoms with Gasteiger partial charge in [0.15, 0.2) is 0 Å². The van der Waals surface area contributed by atoms with Crippen molar-refractivity contribution in [2.24, 2.45) is 5.41 Å². The number of hydrogen-bond acceptors (Lipinski definition) is 3. The van der Waals surface area contributed by atoms with Crippen molar-refractivity contribution in [3.8, 4) is 0 Å². The first kappa shape index (κ1) is 10.8. The summed E-state index contributed by atoms with van der Waals surface area (Å²) < 4.78 is 6.12. The molecular weight excluding hydrogens is 218 g/mol. The molecule has 2 heterocycles. The second kappa shape index (κ2) is 3.56. The predicted molar refractivity (Wildman–Crippen MR) is 66.8 cm³/mol. The highest BCUT2D eigenvalue weighted by atomic mass is 32.1. The fourth-order valence-corrected chi connectivity index (χ4v) is 4.15. The van der Waals surface area contributed by atoms with Gasteiger partial charge in [0, 0.05) is 6.54 Å². The number of hydrogen-bond donors (Lipinski definition) is 1. The topological polar surface area (TPSA) is 21.3 Å². The lowest BCUT2D eigenvalue weighted by Gasteiger charge is -2.58. The van der Waals surface area contributed by atoms with Crippen molar-refractivity contribution in [2.45, 2.75) is 38.3 Å². The third-order valence-electron chi connectivity index (χ3n) is 3.80. The van der Waals surface area contributed by atoms with Crippen LogP contribution in [0.1, 0.15) is 38.3 Å². The molecule has 1 aromatic heterocycles. The van der Waals surface area contributed by atoms with E-state index in [-0.39, 0.29) is 5.60 Å². The molecule has 1 unspecified atom stereocenters. The van der Waals surface area contributed by atoms with Crippen LogP contribution >= 0.6 is 11.3 Å². The van der Waals surface area contributed by atoms with Gasteiger partial charge >= 0.3 is 0 Å². The molecule has 1 saturated heterocycles. The lowest BCUT2D eigenvalue weighted by atomic mass is 9.57. The molecule has 1 aromatic rings. The van der Waals surface area contributed by atoms with Crippen molar-refractivity contribution in [3.63, 3.8) is 0 Å². The van der Waals surface area contributed by atoms with Gasteiger partial charge in [0.2, 0.25) is 0 Å². The Labute approximate surface area is 101 Å². The van der Waals surface area contributed by atoms with Crippen molar-refractivity contribution in [3.05, 3.63) is 22.4 Å². The highest BCUT2D eigenvalue weighted by molar-refractivity contribution is 7.07. The van der Waals surface area contributed by atoms with E-state index in [4.69, 9.17) is 4.74 Å². The molecule has 88 valence electrons. The van der Waals surface area contributed by atoms with Crippen molar-refractivity contribution in [1.82, 2.24) is 5.32 Å². The maximum absolute atomic E-state index is 6.12. The van der Waals surface area contributed by atoms with Gasteiger partial charge in [0.1, 0.15) is 0 Å². The molecule has 2 fully saturated rings. The van der Waals surface area contributed by atoms with Crippen LogP contribution in [0.5, 0.6) is 0 Å². The molecule has 1 saturated carbocycles. The summed E-state index contributed by atoms with van der Waals surface area (Å²) in [7, 11) is 0. The molecule has 0 radical (unpaired) electrons. The van der Waals surface area contributed by atoms with Crippen molar-refractivity contribution in [1.29, 1.82) is 0 Å². The lowest BCUT2D eigenvalue weighted by molar-refractivity contribution is -0.195. The minimum Gasteiger partial charge on any atom is -0.372 e. The fourth-order valence-electron chi connectivity index (χ4n) is 3.46. The van der Waals surface area contributed by atoms with Crippen molar-refractivity contribution >= 4 is 11.3 Å². The summed E-state index contributed by atoms with van der Waals surface area (Å²) >= 11 is 1.77. The first-order chi connectivity index (χ1) is 7.61. The molecule has 1 N–H and O–H groups in total. The summed E-state index contributed by atoms with van der Waals surface area (Å²) in [6.07, 6.45) is 2.35. The molecule has 3 heteroatoms. The second-order valence-electron chi connectivity index (χ2n) is 5.87. The zero-order valence-electron chi connectivity index (χ0n) is 9.95. The van der Waals surface area contributed by atoms with Gasteiger partial charge in [-0.2, -0.15) is 11.3 Å². The predicted octanol–water partition coefficient (Wildman–Crippen LogP) is 2.97. The summed E-state index contributed by atoms with van der Waals surface area (Å²) in [4.78, 5) is 0. The molecule has 3 rings (SSSR count). The Kier molecular flexibility index (Phi) is 2.39. The van der Waals surface area contributed by atoms with Gasteiger partial charge in [-0.3, -0.25) is 0 Å². The molecule has 1 aliphatic carbocycles. The average molecular weight is 237 g/mol. The minimum atomic E-state index is 0.0722. The Hall–Kier alpha value is -0.380. The number of thiophene rings is 1. The van der Waals surface area contributed by atoms with Gasteiger partial charge in [0.05, 0.1) is 18.2 Å². The van der Waals surface area contributed by atoms with Crippen LogP contribution in [-0.2, 0) is 4.74 Å². The van der Waals surface area contributed by atoms with Gasteiger partial charge in [-0.05, 0) is 40.6 Å². The maximum atomic E-state index is 6.12. The molecule has 0 bridgehead atoms. The van der Waals surface area contributed by atoms with Crippen molar-refractivity contribution < 1.29 is 4.74 Å². The summed E-state index contributed by atoms with van der Waals surface area (Å²) in [5.74, 6) is 0. The molecule has 16 heavy (non-hydrogen) atoms. The summed E-state index contributed by atoms with van der Waals surface area (Å²) in [6.45, 7) is 6.50.